The average Bonchev–Trinajstić information content (AvgIpc) is 1.64. The quantitative estimate of drug-likeness (QED) is 0.568. The molecule has 0 amide bonds. The fourth-order valence-corrected chi connectivity index (χ4v) is 0.601. The van der Waals surface area contributed by atoms with Crippen molar-refractivity contribution in [3.8, 4) is 0 Å². The monoisotopic (exact) mass is 150 g/mol. The van der Waals surface area contributed by atoms with Crippen LogP contribution in [0.5, 0.6) is 0 Å². The first kappa shape index (κ1) is 9.25. The molecule has 1 N–H and O–H groups in total. The topological polar surface area (TPSA) is 20.2 Å². The molecule has 1 nitrogen and oxygen atoms in total. The van der Waals surface area contributed by atoms with Crippen molar-refractivity contribution < 1.29 is 5.11 Å². The maximum atomic E-state index is 9.53. The fourth-order valence-electron chi connectivity index (χ4n) is 0.200. The number of aliphatic hydroxyl groups is 1. The molecule has 1 atom stereocenters. The normalized spacial score (nSPS) is 19.3. The summed E-state index contributed by atoms with van der Waals surface area (Å²) < 4.78 is 0. The lowest BCUT2D eigenvalue weighted by molar-refractivity contribution is -0.0205. The van der Waals surface area contributed by atoms with Crippen molar-refractivity contribution in [2.75, 3.05) is 5.88 Å². The Morgan fingerprint density at radius 3 is 1.56 bits per heavy atom. The maximum Gasteiger partial charge on any atom is 0.0802 e. The van der Waals surface area contributed by atoms with E-state index in [0.29, 0.717) is 0 Å². The SMILES string of the molecule is CC(C)(C)C(C)(O)CCl. The first-order chi connectivity index (χ1) is 3.81. The van der Waals surface area contributed by atoms with Gasteiger partial charge in [-0.05, 0) is 12.3 Å². The van der Waals surface area contributed by atoms with Gasteiger partial charge in [-0.2, -0.15) is 0 Å². The van der Waals surface area contributed by atoms with Gasteiger partial charge in [0.05, 0.1) is 11.5 Å². The summed E-state index contributed by atoms with van der Waals surface area (Å²) in [7, 11) is 0. The number of rotatable bonds is 1. The Balaban J connectivity index is 4.14. The van der Waals surface area contributed by atoms with Crippen molar-refractivity contribution in [3.05, 3.63) is 0 Å². The summed E-state index contributed by atoms with van der Waals surface area (Å²) in [5.41, 5.74) is -0.886. The smallest absolute Gasteiger partial charge is 0.0802 e. The average molecular weight is 151 g/mol. The highest BCUT2D eigenvalue weighted by Gasteiger charge is 2.33. The molecule has 2 heteroatoms. The molecule has 0 saturated heterocycles. The van der Waals surface area contributed by atoms with Gasteiger partial charge in [-0.1, -0.05) is 20.8 Å². The Morgan fingerprint density at radius 1 is 1.22 bits per heavy atom. The third kappa shape index (κ3) is 2.15. The molecule has 56 valence electrons. The second kappa shape index (κ2) is 2.47. The van der Waals surface area contributed by atoms with Crippen LogP contribution in [0.3, 0.4) is 0 Å². The predicted molar refractivity (Wildman–Crippen MR) is 40.8 cm³/mol. The minimum Gasteiger partial charge on any atom is -0.388 e. The molecule has 0 aliphatic heterocycles. The van der Waals surface area contributed by atoms with Gasteiger partial charge in [0, 0.05) is 0 Å². The van der Waals surface area contributed by atoms with Crippen LogP contribution in [0.25, 0.3) is 0 Å². The van der Waals surface area contributed by atoms with Gasteiger partial charge in [-0.3, -0.25) is 0 Å². The largest absolute Gasteiger partial charge is 0.388 e. The second-order valence-electron chi connectivity index (χ2n) is 3.66. The number of halogens is 1. The number of hydrogen-bond acceptors (Lipinski definition) is 1. The molecule has 0 spiro atoms. The van der Waals surface area contributed by atoms with Crippen LogP contribution in [0.2, 0.25) is 0 Å². The van der Waals surface area contributed by atoms with Crippen LogP contribution in [0, 0.1) is 5.41 Å². The summed E-state index contributed by atoms with van der Waals surface area (Å²) in [6.07, 6.45) is 0. The van der Waals surface area contributed by atoms with Gasteiger partial charge in [-0.15, -0.1) is 11.6 Å². The molecule has 9 heavy (non-hydrogen) atoms. The molecule has 0 aliphatic rings. The van der Waals surface area contributed by atoms with E-state index in [2.05, 4.69) is 0 Å². The molecule has 0 radical (unpaired) electrons. The second-order valence-corrected chi connectivity index (χ2v) is 3.92. The van der Waals surface area contributed by atoms with Gasteiger partial charge in [0.25, 0.3) is 0 Å². The van der Waals surface area contributed by atoms with Crippen molar-refractivity contribution in [2.45, 2.75) is 33.3 Å². The summed E-state index contributed by atoms with van der Waals surface area (Å²) in [5.74, 6) is 0.288. The minimum atomic E-state index is -0.755. The molecular weight excluding hydrogens is 136 g/mol. The summed E-state index contributed by atoms with van der Waals surface area (Å²) in [4.78, 5) is 0. The van der Waals surface area contributed by atoms with Gasteiger partial charge in [-0.25, -0.2) is 0 Å². The third-order valence-corrected chi connectivity index (χ3v) is 2.40. The Morgan fingerprint density at radius 2 is 1.56 bits per heavy atom. The van der Waals surface area contributed by atoms with Gasteiger partial charge >= 0.3 is 0 Å². The van der Waals surface area contributed by atoms with Crippen LogP contribution in [-0.2, 0) is 0 Å². The van der Waals surface area contributed by atoms with Crippen LogP contribution in [0.15, 0.2) is 0 Å². The van der Waals surface area contributed by atoms with E-state index in [1.807, 2.05) is 20.8 Å². The first-order valence-electron chi connectivity index (χ1n) is 3.09. The molecule has 0 aromatic carbocycles. The zero-order chi connectivity index (χ0) is 7.71. The minimum absolute atomic E-state index is 0.130. The zero-order valence-electron chi connectivity index (χ0n) is 6.53. The number of alkyl halides is 1. The van der Waals surface area contributed by atoms with E-state index in [1.165, 1.54) is 0 Å². The van der Waals surface area contributed by atoms with Crippen LogP contribution < -0.4 is 0 Å². The van der Waals surface area contributed by atoms with Gasteiger partial charge in [0.15, 0.2) is 0 Å². The van der Waals surface area contributed by atoms with Crippen LogP contribution in [0.1, 0.15) is 27.7 Å². The highest BCUT2D eigenvalue weighted by atomic mass is 35.5. The summed E-state index contributed by atoms with van der Waals surface area (Å²) in [6, 6.07) is 0. The summed E-state index contributed by atoms with van der Waals surface area (Å²) in [6.45, 7) is 7.65. The van der Waals surface area contributed by atoms with Crippen molar-refractivity contribution in [1.82, 2.24) is 0 Å². The summed E-state index contributed by atoms with van der Waals surface area (Å²) >= 11 is 5.53. The van der Waals surface area contributed by atoms with Gasteiger partial charge in [0.1, 0.15) is 0 Å². The maximum absolute atomic E-state index is 9.53. The van der Waals surface area contributed by atoms with E-state index in [-0.39, 0.29) is 11.3 Å². The van der Waals surface area contributed by atoms with Crippen LogP contribution in [0.4, 0.5) is 0 Å². The lowest BCUT2D eigenvalue weighted by Gasteiger charge is -2.35. The highest BCUT2D eigenvalue weighted by molar-refractivity contribution is 6.18. The van der Waals surface area contributed by atoms with E-state index >= 15 is 0 Å². The van der Waals surface area contributed by atoms with E-state index in [9.17, 15) is 5.11 Å². The molecule has 0 heterocycles. The summed E-state index contributed by atoms with van der Waals surface area (Å²) in [5, 5.41) is 9.53. The van der Waals surface area contributed by atoms with Gasteiger partial charge in [0.2, 0.25) is 0 Å². The molecule has 0 rings (SSSR count). The molecular formula is C7H15ClO. The lowest BCUT2D eigenvalue weighted by Crippen LogP contribution is -2.41. The molecule has 0 bridgehead atoms. The van der Waals surface area contributed by atoms with Crippen molar-refractivity contribution >= 4 is 11.6 Å². The molecule has 0 saturated carbocycles. The van der Waals surface area contributed by atoms with Crippen LogP contribution >= 0.6 is 11.6 Å². The van der Waals surface area contributed by atoms with Crippen molar-refractivity contribution in [2.24, 2.45) is 5.41 Å². The first-order valence-corrected chi connectivity index (χ1v) is 3.63. The molecule has 0 aromatic heterocycles. The lowest BCUT2D eigenvalue weighted by atomic mass is 9.79. The molecule has 1 unspecified atom stereocenters. The Labute approximate surface area is 62.0 Å². The Hall–Kier alpha value is 0.250. The predicted octanol–water partition coefficient (Wildman–Crippen LogP) is 2.02. The van der Waals surface area contributed by atoms with Gasteiger partial charge < -0.3 is 5.11 Å². The third-order valence-electron chi connectivity index (χ3n) is 1.88. The van der Waals surface area contributed by atoms with E-state index in [1.54, 1.807) is 6.92 Å². The molecule has 0 aliphatic carbocycles. The van der Waals surface area contributed by atoms with Crippen LogP contribution in [-0.4, -0.2) is 16.6 Å². The Bertz CT molecular complexity index is 91.6. The van der Waals surface area contributed by atoms with Crippen molar-refractivity contribution in [1.29, 1.82) is 0 Å². The Kier molecular flexibility index (Phi) is 2.54. The molecule has 0 aromatic rings. The van der Waals surface area contributed by atoms with E-state index in [0.717, 1.165) is 0 Å². The standard InChI is InChI=1S/C7H15ClO/c1-6(2,3)7(4,9)5-8/h9H,5H2,1-4H3. The van der Waals surface area contributed by atoms with E-state index < -0.39 is 5.60 Å². The highest BCUT2D eigenvalue weighted by Crippen LogP contribution is 2.30. The zero-order valence-corrected chi connectivity index (χ0v) is 7.29. The number of hydrogen-bond donors (Lipinski definition) is 1. The van der Waals surface area contributed by atoms with E-state index in [4.69, 9.17) is 11.6 Å². The molecule has 0 fully saturated rings. The fraction of sp³-hybridized carbons (Fsp3) is 1.00. The van der Waals surface area contributed by atoms with Crippen molar-refractivity contribution in [3.63, 3.8) is 0 Å².